The van der Waals surface area contributed by atoms with Crippen molar-refractivity contribution >= 4 is 27.0 Å². The lowest BCUT2D eigenvalue weighted by molar-refractivity contribution is 0.198. The number of rotatable bonds is 3. The molecule has 0 aliphatic heterocycles. The highest BCUT2D eigenvalue weighted by Gasteiger charge is 2.14. The van der Waals surface area contributed by atoms with Gasteiger partial charge in [-0.05, 0) is 43.3 Å². The first-order valence-corrected chi connectivity index (χ1v) is 8.25. The minimum Gasteiger partial charge on any atom is -0.389 e. The average Bonchev–Trinajstić information content (AvgIpc) is 3.23. The van der Waals surface area contributed by atoms with Crippen molar-refractivity contribution in [3.8, 4) is 11.6 Å². The summed E-state index contributed by atoms with van der Waals surface area (Å²) in [5.74, 6) is 1.31. The third-order valence-electron chi connectivity index (χ3n) is 3.82. The van der Waals surface area contributed by atoms with E-state index in [1.54, 1.807) is 30.3 Å². The maximum Gasteiger partial charge on any atom is 0.161 e. The van der Waals surface area contributed by atoms with Crippen LogP contribution < -0.4 is 0 Å². The topological polar surface area (TPSA) is 68.8 Å². The van der Waals surface area contributed by atoms with Crippen LogP contribution in [0.4, 0.5) is 0 Å². The van der Waals surface area contributed by atoms with E-state index < -0.39 is 6.10 Å². The van der Waals surface area contributed by atoms with Crippen molar-refractivity contribution in [3.63, 3.8) is 0 Å². The first kappa shape index (κ1) is 15.0. The molecule has 0 radical (unpaired) electrons. The molecule has 0 aliphatic carbocycles. The predicted molar refractivity (Wildman–Crippen MR) is 94.3 cm³/mol. The van der Waals surface area contributed by atoms with Crippen LogP contribution in [0.5, 0.6) is 0 Å². The number of halogens is 1. The molecule has 0 aliphatic rings. The zero-order valence-electron chi connectivity index (χ0n) is 12.8. The van der Waals surface area contributed by atoms with Gasteiger partial charge in [0, 0.05) is 22.4 Å². The summed E-state index contributed by atoms with van der Waals surface area (Å²) in [6.45, 7) is 1.72. The highest BCUT2D eigenvalue weighted by atomic mass is 79.9. The van der Waals surface area contributed by atoms with E-state index in [9.17, 15) is 5.11 Å². The Kier molecular flexibility index (Phi) is 3.66. The zero-order chi connectivity index (χ0) is 16.7. The number of hydrogen-bond donors (Lipinski definition) is 1. The Labute approximate surface area is 146 Å². The van der Waals surface area contributed by atoms with Gasteiger partial charge in [0.15, 0.2) is 5.82 Å². The number of imidazole rings is 1. The van der Waals surface area contributed by atoms with Gasteiger partial charge < -0.3 is 5.11 Å². The smallest absolute Gasteiger partial charge is 0.161 e. The minimum atomic E-state index is -0.639. The van der Waals surface area contributed by atoms with Crippen LogP contribution in [-0.2, 0) is 0 Å². The second-order valence-corrected chi connectivity index (χ2v) is 6.37. The molecule has 0 bridgehead atoms. The molecule has 0 spiro atoms. The molecule has 4 aromatic rings. The number of aliphatic hydroxyl groups excluding tert-OH is 1. The molecule has 3 heterocycles. The van der Waals surface area contributed by atoms with E-state index in [4.69, 9.17) is 4.98 Å². The molecular weight excluding hydrogens is 370 g/mol. The maximum atomic E-state index is 10.0. The number of benzene rings is 1. The number of fused-ring (bicyclic) bond motifs is 1. The van der Waals surface area contributed by atoms with E-state index in [0.717, 1.165) is 15.5 Å². The number of pyridine rings is 1. The second-order valence-electron chi connectivity index (χ2n) is 5.46. The molecule has 120 valence electrons. The van der Waals surface area contributed by atoms with Gasteiger partial charge in [0.1, 0.15) is 12.1 Å². The average molecular weight is 384 g/mol. The lowest BCUT2D eigenvalue weighted by atomic mass is 10.1. The lowest BCUT2D eigenvalue weighted by Gasteiger charge is -2.13. The molecule has 1 aromatic carbocycles. The van der Waals surface area contributed by atoms with Crippen molar-refractivity contribution in [1.29, 1.82) is 0 Å². The summed E-state index contributed by atoms with van der Waals surface area (Å²) < 4.78 is 4.55. The molecule has 0 saturated heterocycles. The predicted octanol–water partition coefficient (Wildman–Crippen LogP) is 3.42. The van der Waals surface area contributed by atoms with Crippen molar-refractivity contribution in [2.45, 2.75) is 13.0 Å². The zero-order valence-corrected chi connectivity index (χ0v) is 14.4. The fourth-order valence-electron chi connectivity index (χ4n) is 2.65. The molecule has 3 aromatic heterocycles. The van der Waals surface area contributed by atoms with Crippen LogP contribution in [0.25, 0.3) is 22.7 Å². The molecule has 0 amide bonds. The Balaban J connectivity index is 1.92. The fourth-order valence-corrected chi connectivity index (χ4v) is 3.00. The summed E-state index contributed by atoms with van der Waals surface area (Å²) in [5, 5.41) is 14.3. The van der Waals surface area contributed by atoms with Gasteiger partial charge in [-0.3, -0.25) is 4.57 Å². The quantitative estimate of drug-likeness (QED) is 0.588. The number of aliphatic hydroxyl groups is 1. The Morgan fingerprint density at radius 1 is 1.21 bits per heavy atom. The van der Waals surface area contributed by atoms with E-state index in [2.05, 4.69) is 26.0 Å². The number of hydrogen-bond acceptors (Lipinski definition) is 4. The van der Waals surface area contributed by atoms with Gasteiger partial charge in [-0.25, -0.2) is 14.6 Å². The largest absolute Gasteiger partial charge is 0.389 e. The normalized spacial score (nSPS) is 12.6. The van der Waals surface area contributed by atoms with Gasteiger partial charge in [0.25, 0.3) is 0 Å². The Morgan fingerprint density at radius 3 is 2.83 bits per heavy atom. The Bertz CT molecular complexity index is 1010. The SMILES string of the molecule is CC(O)c1ccc(-n2cnc3ccc(Br)cc32)nc1-n1cccn1. The summed E-state index contributed by atoms with van der Waals surface area (Å²) >= 11 is 3.49. The van der Waals surface area contributed by atoms with E-state index in [1.807, 2.05) is 41.0 Å². The second kappa shape index (κ2) is 5.85. The van der Waals surface area contributed by atoms with Crippen LogP contribution in [-0.4, -0.2) is 29.4 Å². The van der Waals surface area contributed by atoms with E-state index >= 15 is 0 Å². The molecule has 1 N–H and O–H groups in total. The molecule has 6 nitrogen and oxygen atoms in total. The number of nitrogens with zero attached hydrogens (tertiary/aromatic N) is 5. The summed E-state index contributed by atoms with van der Waals surface area (Å²) in [5.41, 5.74) is 2.56. The molecule has 24 heavy (non-hydrogen) atoms. The first-order valence-electron chi connectivity index (χ1n) is 7.45. The molecule has 0 fully saturated rings. The van der Waals surface area contributed by atoms with Crippen LogP contribution in [0, 0.1) is 0 Å². The van der Waals surface area contributed by atoms with Crippen LogP contribution in [0.2, 0.25) is 0 Å². The van der Waals surface area contributed by atoms with Crippen molar-refractivity contribution in [2.75, 3.05) is 0 Å². The van der Waals surface area contributed by atoms with E-state index in [-0.39, 0.29) is 0 Å². The maximum absolute atomic E-state index is 10.0. The van der Waals surface area contributed by atoms with Crippen LogP contribution >= 0.6 is 15.9 Å². The highest BCUT2D eigenvalue weighted by molar-refractivity contribution is 9.10. The van der Waals surface area contributed by atoms with E-state index in [1.165, 1.54) is 0 Å². The van der Waals surface area contributed by atoms with Crippen LogP contribution in [0.15, 0.2) is 59.6 Å². The fraction of sp³-hybridized carbons (Fsp3) is 0.118. The van der Waals surface area contributed by atoms with Gasteiger partial charge in [-0.1, -0.05) is 15.9 Å². The van der Waals surface area contributed by atoms with Gasteiger partial charge in [0.05, 0.1) is 17.1 Å². The minimum absolute atomic E-state index is 0.601. The summed E-state index contributed by atoms with van der Waals surface area (Å²) in [4.78, 5) is 9.12. The third-order valence-corrected chi connectivity index (χ3v) is 4.31. The molecular formula is C17H14BrN5O. The molecule has 0 saturated carbocycles. The highest BCUT2D eigenvalue weighted by Crippen LogP contribution is 2.25. The molecule has 1 atom stereocenters. The molecule has 7 heteroatoms. The van der Waals surface area contributed by atoms with Crippen molar-refractivity contribution in [1.82, 2.24) is 24.3 Å². The van der Waals surface area contributed by atoms with Crippen LogP contribution in [0.3, 0.4) is 0 Å². The van der Waals surface area contributed by atoms with Gasteiger partial charge >= 0.3 is 0 Å². The van der Waals surface area contributed by atoms with Gasteiger partial charge in [-0.15, -0.1) is 0 Å². The third kappa shape index (κ3) is 2.51. The number of aromatic nitrogens is 5. The summed E-state index contributed by atoms with van der Waals surface area (Å²) in [6, 6.07) is 11.5. The summed E-state index contributed by atoms with van der Waals surface area (Å²) in [6.07, 6.45) is 4.60. The Morgan fingerprint density at radius 2 is 2.08 bits per heavy atom. The van der Waals surface area contributed by atoms with Gasteiger partial charge in [-0.2, -0.15) is 5.10 Å². The lowest BCUT2D eigenvalue weighted by Crippen LogP contribution is -2.08. The van der Waals surface area contributed by atoms with Crippen LogP contribution in [0.1, 0.15) is 18.6 Å². The standard InChI is InChI=1S/C17H14BrN5O/c1-11(24)13-4-6-16(21-17(13)23-8-2-7-20-23)22-10-19-14-5-3-12(18)9-15(14)22/h2-11,24H,1H3. The van der Waals surface area contributed by atoms with Crippen molar-refractivity contribution < 1.29 is 5.11 Å². The summed E-state index contributed by atoms with van der Waals surface area (Å²) in [7, 11) is 0. The van der Waals surface area contributed by atoms with Gasteiger partial charge in [0.2, 0.25) is 0 Å². The van der Waals surface area contributed by atoms with Crippen molar-refractivity contribution in [2.24, 2.45) is 0 Å². The molecule has 4 rings (SSSR count). The monoisotopic (exact) mass is 383 g/mol. The molecule has 1 unspecified atom stereocenters. The first-order chi connectivity index (χ1) is 11.6. The Hall–Kier alpha value is -2.51. The van der Waals surface area contributed by atoms with E-state index in [0.29, 0.717) is 17.2 Å². The van der Waals surface area contributed by atoms with Crippen molar-refractivity contribution in [3.05, 3.63) is 65.2 Å².